The molecule has 1 N–H and O–H groups in total. The van der Waals surface area contributed by atoms with Gasteiger partial charge in [0.25, 0.3) is 0 Å². The summed E-state index contributed by atoms with van der Waals surface area (Å²) in [6, 6.07) is 14.8. The molecule has 0 radical (unpaired) electrons. The minimum Gasteiger partial charge on any atom is -0.376 e. The van der Waals surface area contributed by atoms with E-state index in [0.29, 0.717) is 0 Å². The zero-order valence-corrected chi connectivity index (χ0v) is 14.1. The van der Waals surface area contributed by atoms with E-state index in [9.17, 15) is 0 Å². The summed E-state index contributed by atoms with van der Waals surface area (Å²) in [7, 11) is 0. The molecule has 2 aromatic heterocycles. The van der Waals surface area contributed by atoms with Crippen molar-refractivity contribution in [2.45, 2.75) is 19.4 Å². The monoisotopic (exact) mass is 333 g/mol. The van der Waals surface area contributed by atoms with Gasteiger partial charge in [0.15, 0.2) is 0 Å². The third kappa shape index (κ3) is 3.49. The lowest BCUT2D eigenvalue weighted by molar-refractivity contribution is 0.801. The summed E-state index contributed by atoms with van der Waals surface area (Å²) >= 11 is 9.94. The van der Waals surface area contributed by atoms with Gasteiger partial charge in [0.05, 0.1) is 16.8 Å². The van der Waals surface area contributed by atoms with Crippen molar-refractivity contribution in [1.82, 2.24) is 0 Å². The molecule has 1 aromatic carbocycles. The predicted molar refractivity (Wildman–Crippen MR) is 94.9 cm³/mol. The van der Waals surface area contributed by atoms with Gasteiger partial charge < -0.3 is 5.32 Å². The SMILES string of the molecule is Cc1cccc(Cl)c1NC(Cc1cccs1)c1cccs1. The van der Waals surface area contributed by atoms with Crippen LogP contribution < -0.4 is 5.32 Å². The predicted octanol–water partition coefficient (Wildman–Crippen LogP) is 6.17. The van der Waals surface area contributed by atoms with E-state index in [1.807, 2.05) is 12.1 Å². The lowest BCUT2D eigenvalue weighted by Gasteiger charge is -2.20. The van der Waals surface area contributed by atoms with E-state index < -0.39 is 0 Å². The number of hydrogen-bond donors (Lipinski definition) is 1. The van der Waals surface area contributed by atoms with E-state index in [1.54, 1.807) is 22.7 Å². The van der Waals surface area contributed by atoms with Gasteiger partial charge in [-0.05, 0) is 41.4 Å². The molecule has 0 aliphatic rings. The van der Waals surface area contributed by atoms with Crippen molar-refractivity contribution in [2.24, 2.45) is 0 Å². The van der Waals surface area contributed by atoms with Crippen molar-refractivity contribution < 1.29 is 0 Å². The summed E-state index contributed by atoms with van der Waals surface area (Å²) in [4.78, 5) is 2.72. The number of rotatable bonds is 5. The van der Waals surface area contributed by atoms with E-state index >= 15 is 0 Å². The molecule has 0 bridgehead atoms. The molecule has 108 valence electrons. The summed E-state index contributed by atoms with van der Waals surface area (Å²) in [6.45, 7) is 2.09. The second-order valence-corrected chi connectivity index (χ2v) is 7.35. The molecule has 4 heteroatoms. The van der Waals surface area contributed by atoms with Gasteiger partial charge in [-0.15, -0.1) is 22.7 Å². The lowest BCUT2D eigenvalue weighted by Crippen LogP contribution is -2.13. The second-order valence-electron chi connectivity index (χ2n) is 4.93. The number of aryl methyl sites for hydroxylation is 1. The van der Waals surface area contributed by atoms with Crippen molar-refractivity contribution >= 4 is 40.0 Å². The Balaban J connectivity index is 1.89. The van der Waals surface area contributed by atoms with Crippen LogP contribution in [0, 0.1) is 6.92 Å². The molecule has 2 heterocycles. The fourth-order valence-electron chi connectivity index (χ4n) is 2.33. The first-order valence-corrected chi connectivity index (χ1v) is 8.95. The van der Waals surface area contributed by atoms with Crippen LogP contribution in [0.3, 0.4) is 0 Å². The Kier molecular flexibility index (Phi) is 4.63. The quantitative estimate of drug-likeness (QED) is 0.589. The highest BCUT2D eigenvalue weighted by molar-refractivity contribution is 7.10. The Morgan fingerprint density at radius 3 is 2.52 bits per heavy atom. The molecule has 0 aliphatic heterocycles. The van der Waals surface area contributed by atoms with Crippen LogP contribution >= 0.6 is 34.3 Å². The standard InChI is InChI=1S/C17H16ClNS2/c1-12-5-2-7-14(18)17(12)19-15(16-8-4-10-21-16)11-13-6-3-9-20-13/h2-10,15,19H,11H2,1H3. The molecular formula is C17H16ClNS2. The third-order valence-electron chi connectivity index (χ3n) is 3.41. The largest absolute Gasteiger partial charge is 0.376 e. The molecule has 0 fully saturated rings. The smallest absolute Gasteiger partial charge is 0.0655 e. The summed E-state index contributed by atoms with van der Waals surface area (Å²) in [5.74, 6) is 0. The summed E-state index contributed by atoms with van der Waals surface area (Å²) < 4.78 is 0. The van der Waals surface area contributed by atoms with Gasteiger partial charge in [-0.25, -0.2) is 0 Å². The maximum Gasteiger partial charge on any atom is 0.0655 e. The molecule has 0 aliphatic carbocycles. The second kappa shape index (κ2) is 6.65. The number of anilines is 1. The highest BCUT2D eigenvalue weighted by Crippen LogP contribution is 2.33. The third-order valence-corrected chi connectivity index (χ3v) is 5.61. The van der Waals surface area contributed by atoms with E-state index in [4.69, 9.17) is 11.6 Å². The topological polar surface area (TPSA) is 12.0 Å². The maximum atomic E-state index is 6.36. The number of hydrogen-bond acceptors (Lipinski definition) is 3. The molecule has 21 heavy (non-hydrogen) atoms. The van der Waals surface area contributed by atoms with Crippen molar-refractivity contribution in [3.8, 4) is 0 Å². The molecule has 0 saturated carbocycles. The average molecular weight is 334 g/mol. The van der Waals surface area contributed by atoms with E-state index in [2.05, 4.69) is 53.3 Å². The van der Waals surface area contributed by atoms with Crippen LogP contribution in [0.4, 0.5) is 5.69 Å². The molecule has 0 saturated heterocycles. The minimum atomic E-state index is 0.252. The Labute approximate surface area is 138 Å². The lowest BCUT2D eigenvalue weighted by atomic mass is 10.1. The highest BCUT2D eigenvalue weighted by atomic mass is 35.5. The number of thiophene rings is 2. The summed E-state index contributed by atoms with van der Waals surface area (Å²) in [5.41, 5.74) is 2.21. The molecule has 1 unspecified atom stereocenters. The Morgan fingerprint density at radius 2 is 1.86 bits per heavy atom. The minimum absolute atomic E-state index is 0.252. The van der Waals surface area contributed by atoms with Gasteiger partial charge in [0, 0.05) is 16.2 Å². The van der Waals surface area contributed by atoms with Crippen molar-refractivity contribution in [2.75, 3.05) is 5.32 Å². The van der Waals surface area contributed by atoms with Crippen LogP contribution in [0.1, 0.15) is 21.4 Å². The van der Waals surface area contributed by atoms with Crippen LogP contribution in [-0.4, -0.2) is 0 Å². The first kappa shape index (κ1) is 14.6. The van der Waals surface area contributed by atoms with Gasteiger partial charge in [0.2, 0.25) is 0 Å². The zero-order valence-electron chi connectivity index (χ0n) is 11.7. The van der Waals surface area contributed by atoms with Crippen LogP contribution in [-0.2, 0) is 6.42 Å². The Bertz CT molecular complexity index is 669. The number of para-hydroxylation sites is 1. The molecule has 1 nitrogen and oxygen atoms in total. The highest BCUT2D eigenvalue weighted by Gasteiger charge is 2.16. The maximum absolute atomic E-state index is 6.36. The van der Waals surface area contributed by atoms with Crippen LogP contribution in [0.15, 0.2) is 53.2 Å². The molecule has 0 amide bonds. The van der Waals surface area contributed by atoms with Crippen molar-refractivity contribution in [3.63, 3.8) is 0 Å². The van der Waals surface area contributed by atoms with Crippen molar-refractivity contribution in [3.05, 3.63) is 73.6 Å². The molecule has 1 atom stereocenters. The fraction of sp³-hybridized carbons (Fsp3) is 0.176. The molecular weight excluding hydrogens is 318 g/mol. The van der Waals surface area contributed by atoms with E-state index in [-0.39, 0.29) is 6.04 Å². The zero-order chi connectivity index (χ0) is 14.7. The van der Waals surface area contributed by atoms with Gasteiger partial charge in [-0.2, -0.15) is 0 Å². The first-order valence-electron chi connectivity index (χ1n) is 6.81. The summed E-state index contributed by atoms with van der Waals surface area (Å²) in [5, 5.41) is 8.67. The Morgan fingerprint density at radius 1 is 1.05 bits per heavy atom. The van der Waals surface area contributed by atoms with Crippen molar-refractivity contribution in [1.29, 1.82) is 0 Å². The van der Waals surface area contributed by atoms with E-state index in [0.717, 1.165) is 17.1 Å². The average Bonchev–Trinajstić information content (AvgIpc) is 3.14. The fourth-order valence-corrected chi connectivity index (χ4v) is 4.14. The first-order chi connectivity index (χ1) is 10.2. The summed E-state index contributed by atoms with van der Waals surface area (Å²) in [6.07, 6.45) is 0.975. The van der Waals surface area contributed by atoms with Crippen LogP contribution in [0.25, 0.3) is 0 Å². The van der Waals surface area contributed by atoms with Gasteiger partial charge in [-0.3, -0.25) is 0 Å². The molecule has 3 rings (SSSR count). The van der Waals surface area contributed by atoms with Gasteiger partial charge >= 0.3 is 0 Å². The molecule has 3 aromatic rings. The normalized spacial score (nSPS) is 12.3. The van der Waals surface area contributed by atoms with E-state index in [1.165, 1.54) is 15.3 Å². The van der Waals surface area contributed by atoms with Crippen LogP contribution in [0.2, 0.25) is 5.02 Å². The van der Waals surface area contributed by atoms with Crippen LogP contribution in [0.5, 0.6) is 0 Å². The molecule has 0 spiro atoms. The number of benzene rings is 1. The van der Waals surface area contributed by atoms with Gasteiger partial charge in [0.1, 0.15) is 0 Å². The van der Waals surface area contributed by atoms with Gasteiger partial charge in [-0.1, -0.05) is 35.9 Å². The Hall–Kier alpha value is -1.29. The number of nitrogens with one attached hydrogen (secondary N) is 1. The number of halogens is 1.